The summed E-state index contributed by atoms with van der Waals surface area (Å²) in [6.45, 7) is 2.08. The SMILES string of the molecule is CCCCC(=O)Nc1ccc(-c2nc3cc4ccccc4cc3[nH]2)cc1. The molecule has 26 heavy (non-hydrogen) atoms. The number of nitrogens with one attached hydrogen (secondary N) is 2. The second-order valence-electron chi connectivity index (χ2n) is 6.53. The van der Waals surface area contributed by atoms with Crippen LogP contribution < -0.4 is 5.32 Å². The van der Waals surface area contributed by atoms with Gasteiger partial charge in [-0.2, -0.15) is 0 Å². The number of rotatable bonds is 5. The third-order valence-corrected chi connectivity index (χ3v) is 4.55. The molecule has 4 rings (SSSR count). The third kappa shape index (κ3) is 3.31. The molecular formula is C22H21N3O. The number of amides is 1. The van der Waals surface area contributed by atoms with Crippen LogP contribution in [-0.2, 0) is 4.79 Å². The third-order valence-electron chi connectivity index (χ3n) is 4.55. The number of imidazole rings is 1. The Bertz CT molecular complexity index is 1010. The molecule has 1 aromatic heterocycles. The van der Waals surface area contributed by atoms with Gasteiger partial charge in [0.05, 0.1) is 11.0 Å². The number of carbonyl (C=O) groups excluding carboxylic acids is 1. The number of fused-ring (bicyclic) bond motifs is 2. The molecule has 0 atom stereocenters. The number of aromatic amines is 1. The summed E-state index contributed by atoms with van der Waals surface area (Å²) in [4.78, 5) is 19.9. The van der Waals surface area contributed by atoms with Gasteiger partial charge in [0.1, 0.15) is 5.82 Å². The minimum atomic E-state index is 0.0648. The highest BCUT2D eigenvalue weighted by molar-refractivity contribution is 5.96. The number of hydrogen-bond donors (Lipinski definition) is 2. The van der Waals surface area contributed by atoms with Crippen molar-refractivity contribution in [3.05, 3.63) is 60.7 Å². The van der Waals surface area contributed by atoms with Crippen molar-refractivity contribution in [3.63, 3.8) is 0 Å². The molecule has 1 amide bonds. The van der Waals surface area contributed by atoms with E-state index in [2.05, 4.69) is 41.5 Å². The molecule has 130 valence electrons. The number of anilines is 1. The van der Waals surface area contributed by atoms with E-state index in [1.807, 2.05) is 36.4 Å². The molecule has 0 saturated heterocycles. The Balaban J connectivity index is 1.59. The van der Waals surface area contributed by atoms with Crippen molar-refractivity contribution < 1.29 is 4.79 Å². The van der Waals surface area contributed by atoms with Gasteiger partial charge in [0.15, 0.2) is 0 Å². The lowest BCUT2D eigenvalue weighted by Gasteiger charge is -2.05. The molecule has 0 saturated carbocycles. The van der Waals surface area contributed by atoms with Crippen molar-refractivity contribution in [1.29, 1.82) is 0 Å². The molecular weight excluding hydrogens is 322 g/mol. The fraction of sp³-hybridized carbons (Fsp3) is 0.182. The summed E-state index contributed by atoms with van der Waals surface area (Å²) in [6, 6.07) is 20.3. The lowest BCUT2D eigenvalue weighted by Crippen LogP contribution is -2.10. The van der Waals surface area contributed by atoms with E-state index in [-0.39, 0.29) is 5.91 Å². The summed E-state index contributed by atoms with van der Waals surface area (Å²) in [5.41, 5.74) is 3.79. The van der Waals surface area contributed by atoms with Gasteiger partial charge >= 0.3 is 0 Å². The van der Waals surface area contributed by atoms with Crippen molar-refractivity contribution in [2.24, 2.45) is 0 Å². The predicted molar refractivity (Wildman–Crippen MR) is 107 cm³/mol. The van der Waals surface area contributed by atoms with E-state index in [4.69, 9.17) is 4.98 Å². The summed E-state index contributed by atoms with van der Waals surface area (Å²) in [5.74, 6) is 0.897. The van der Waals surface area contributed by atoms with Crippen molar-refractivity contribution in [1.82, 2.24) is 9.97 Å². The first-order valence-corrected chi connectivity index (χ1v) is 9.02. The topological polar surface area (TPSA) is 57.8 Å². The van der Waals surface area contributed by atoms with Crippen LogP contribution in [0.1, 0.15) is 26.2 Å². The summed E-state index contributed by atoms with van der Waals surface area (Å²) < 4.78 is 0. The second kappa shape index (κ2) is 7.00. The zero-order chi connectivity index (χ0) is 17.9. The quantitative estimate of drug-likeness (QED) is 0.502. The Morgan fingerprint density at radius 1 is 1.04 bits per heavy atom. The summed E-state index contributed by atoms with van der Waals surface area (Å²) in [5, 5.41) is 5.31. The van der Waals surface area contributed by atoms with Crippen molar-refractivity contribution >= 4 is 33.4 Å². The molecule has 0 aliphatic rings. The highest BCUT2D eigenvalue weighted by Gasteiger charge is 2.07. The number of nitrogens with zero attached hydrogens (tertiary/aromatic N) is 1. The Hall–Kier alpha value is -3.14. The normalized spacial score (nSPS) is 11.1. The highest BCUT2D eigenvalue weighted by Crippen LogP contribution is 2.25. The van der Waals surface area contributed by atoms with Crippen molar-refractivity contribution in [2.75, 3.05) is 5.32 Å². The van der Waals surface area contributed by atoms with Crippen LogP contribution in [0.5, 0.6) is 0 Å². The molecule has 0 aliphatic heterocycles. The van der Waals surface area contributed by atoms with E-state index in [1.165, 1.54) is 10.8 Å². The number of benzene rings is 3. The molecule has 3 aromatic carbocycles. The van der Waals surface area contributed by atoms with Crippen LogP contribution in [0.2, 0.25) is 0 Å². The van der Waals surface area contributed by atoms with Gasteiger partial charge in [0.2, 0.25) is 5.91 Å². The standard InChI is InChI=1S/C22H21N3O/c1-2-3-8-21(26)23-18-11-9-15(10-12-18)22-24-19-13-16-6-4-5-7-17(16)14-20(19)25-22/h4-7,9-14H,2-3,8H2,1H3,(H,23,26)(H,24,25). The van der Waals surface area contributed by atoms with Crippen molar-refractivity contribution in [2.45, 2.75) is 26.2 Å². The van der Waals surface area contributed by atoms with Gasteiger partial charge in [-0.05, 0) is 53.6 Å². The lowest BCUT2D eigenvalue weighted by atomic mass is 10.1. The molecule has 4 nitrogen and oxygen atoms in total. The molecule has 0 spiro atoms. The number of hydrogen-bond acceptors (Lipinski definition) is 2. The largest absolute Gasteiger partial charge is 0.338 e. The van der Waals surface area contributed by atoms with Gasteiger partial charge in [-0.3, -0.25) is 4.79 Å². The zero-order valence-electron chi connectivity index (χ0n) is 14.8. The minimum Gasteiger partial charge on any atom is -0.338 e. The van der Waals surface area contributed by atoms with Crippen LogP contribution in [0, 0.1) is 0 Å². The number of unbranched alkanes of at least 4 members (excludes halogenated alkanes) is 1. The molecule has 2 N–H and O–H groups in total. The van der Waals surface area contributed by atoms with E-state index in [0.717, 1.165) is 41.0 Å². The Labute approximate surface area is 152 Å². The van der Waals surface area contributed by atoms with Gasteiger partial charge in [-0.1, -0.05) is 37.6 Å². The van der Waals surface area contributed by atoms with E-state index in [9.17, 15) is 4.79 Å². The number of H-pyrrole nitrogens is 1. The summed E-state index contributed by atoms with van der Waals surface area (Å²) >= 11 is 0. The average Bonchev–Trinajstić information content (AvgIpc) is 3.07. The van der Waals surface area contributed by atoms with E-state index >= 15 is 0 Å². The van der Waals surface area contributed by atoms with E-state index in [1.54, 1.807) is 0 Å². The van der Waals surface area contributed by atoms with Crippen LogP contribution in [-0.4, -0.2) is 15.9 Å². The Kier molecular flexibility index (Phi) is 4.40. The van der Waals surface area contributed by atoms with Gasteiger partial charge in [-0.25, -0.2) is 4.98 Å². The summed E-state index contributed by atoms with van der Waals surface area (Å²) in [7, 11) is 0. The smallest absolute Gasteiger partial charge is 0.224 e. The molecule has 4 heteroatoms. The first-order chi connectivity index (χ1) is 12.7. The molecule has 1 heterocycles. The van der Waals surface area contributed by atoms with Gasteiger partial charge in [0, 0.05) is 17.7 Å². The van der Waals surface area contributed by atoms with Crippen LogP contribution >= 0.6 is 0 Å². The van der Waals surface area contributed by atoms with E-state index < -0.39 is 0 Å². The number of carbonyl (C=O) groups is 1. The van der Waals surface area contributed by atoms with Gasteiger partial charge in [0.25, 0.3) is 0 Å². The second-order valence-corrected chi connectivity index (χ2v) is 6.53. The van der Waals surface area contributed by atoms with Crippen LogP contribution in [0.3, 0.4) is 0 Å². The van der Waals surface area contributed by atoms with Crippen LogP contribution in [0.25, 0.3) is 33.2 Å². The predicted octanol–water partition coefficient (Wildman–Crippen LogP) is 5.51. The molecule has 0 radical (unpaired) electrons. The van der Waals surface area contributed by atoms with Gasteiger partial charge in [-0.15, -0.1) is 0 Å². The molecule has 0 bridgehead atoms. The monoisotopic (exact) mass is 343 g/mol. The van der Waals surface area contributed by atoms with E-state index in [0.29, 0.717) is 6.42 Å². The Morgan fingerprint density at radius 3 is 2.50 bits per heavy atom. The maximum Gasteiger partial charge on any atom is 0.224 e. The molecule has 0 fully saturated rings. The summed E-state index contributed by atoms with van der Waals surface area (Å²) in [6.07, 6.45) is 2.50. The maximum atomic E-state index is 11.8. The molecule has 4 aromatic rings. The minimum absolute atomic E-state index is 0.0648. The molecule has 0 aliphatic carbocycles. The first-order valence-electron chi connectivity index (χ1n) is 9.02. The average molecular weight is 343 g/mol. The lowest BCUT2D eigenvalue weighted by molar-refractivity contribution is -0.116. The number of aromatic nitrogens is 2. The maximum absolute atomic E-state index is 11.8. The first kappa shape index (κ1) is 16.3. The molecule has 0 unspecified atom stereocenters. The van der Waals surface area contributed by atoms with Crippen molar-refractivity contribution in [3.8, 4) is 11.4 Å². The fourth-order valence-corrected chi connectivity index (χ4v) is 3.11. The van der Waals surface area contributed by atoms with Crippen LogP contribution in [0.15, 0.2) is 60.7 Å². The fourth-order valence-electron chi connectivity index (χ4n) is 3.11. The highest BCUT2D eigenvalue weighted by atomic mass is 16.1. The van der Waals surface area contributed by atoms with Gasteiger partial charge < -0.3 is 10.3 Å². The Morgan fingerprint density at radius 2 is 1.77 bits per heavy atom. The zero-order valence-corrected chi connectivity index (χ0v) is 14.8. The van der Waals surface area contributed by atoms with Crippen LogP contribution in [0.4, 0.5) is 5.69 Å².